The zero-order chi connectivity index (χ0) is 5.28. The van der Waals surface area contributed by atoms with Gasteiger partial charge in [-0.1, -0.05) is 11.9 Å². The van der Waals surface area contributed by atoms with Crippen molar-refractivity contribution in [3.05, 3.63) is 0 Å². The Hall–Kier alpha value is 0.270. The molecule has 1 aliphatic rings. The van der Waals surface area contributed by atoms with E-state index in [1.54, 1.807) is 0 Å². The average molecular weight is 118 g/mol. The number of rotatable bonds is 1. The lowest BCUT2D eigenvalue weighted by Crippen LogP contribution is -2.46. The van der Waals surface area contributed by atoms with E-state index in [4.69, 9.17) is 5.14 Å². The van der Waals surface area contributed by atoms with Crippen molar-refractivity contribution in [1.29, 1.82) is 0 Å². The average Bonchev–Trinajstić information content (AvgIpc) is 1.58. The molecule has 1 heterocycles. The molecule has 2 nitrogen and oxygen atoms in total. The minimum atomic E-state index is 0.713. The molecule has 0 radical (unpaired) electrons. The van der Waals surface area contributed by atoms with Gasteiger partial charge in [0.1, 0.15) is 0 Å². The zero-order valence-electron chi connectivity index (χ0n) is 4.42. The molecule has 1 aliphatic heterocycles. The van der Waals surface area contributed by atoms with E-state index < -0.39 is 0 Å². The third kappa shape index (κ3) is 1.08. The lowest BCUT2D eigenvalue weighted by atomic mass is 10.2. The molecule has 0 spiro atoms. The molecule has 1 fully saturated rings. The van der Waals surface area contributed by atoms with Gasteiger partial charge in [0.25, 0.3) is 0 Å². The Bertz CT molecular complexity index is 60.7. The van der Waals surface area contributed by atoms with E-state index in [1.807, 2.05) is 0 Å². The first-order valence-electron chi connectivity index (χ1n) is 2.37. The van der Waals surface area contributed by atoms with Crippen molar-refractivity contribution < 1.29 is 0 Å². The molecule has 0 amide bonds. The third-order valence-corrected chi connectivity index (χ3v) is 1.91. The molecule has 7 heavy (non-hydrogen) atoms. The van der Waals surface area contributed by atoms with E-state index in [2.05, 4.69) is 11.9 Å². The lowest BCUT2D eigenvalue weighted by Gasteiger charge is -2.34. The fourth-order valence-electron chi connectivity index (χ4n) is 0.728. The topological polar surface area (TPSA) is 29.3 Å². The SMILES string of the molecule is CN1CC(SN)C1. The molecule has 1 saturated heterocycles. The normalized spacial score (nSPS) is 24.9. The Morgan fingerprint density at radius 2 is 2.29 bits per heavy atom. The highest BCUT2D eigenvalue weighted by Crippen LogP contribution is 2.14. The molecule has 0 aliphatic carbocycles. The molecule has 3 heteroatoms. The summed E-state index contributed by atoms with van der Waals surface area (Å²) in [6.45, 7) is 2.34. The van der Waals surface area contributed by atoms with Gasteiger partial charge >= 0.3 is 0 Å². The number of likely N-dealkylation sites (tertiary alicyclic amines) is 1. The first-order valence-corrected chi connectivity index (χ1v) is 3.31. The van der Waals surface area contributed by atoms with Crippen molar-refractivity contribution in [3.8, 4) is 0 Å². The number of nitrogens with two attached hydrogens (primary N) is 1. The molecule has 0 atom stereocenters. The number of hydrogen-bond donors (Lipinski definition) is 1. The Balaban J connectivity index is 2.06. The second-order valence-corrected chi connectivity index (χ2v) is 2.92. The summed E-state index contributed by atoms with van der Waals surface area (Å²) in [5.74, 6) is 0. The van der Waals surface area contributed by atoms with Gasteiger partial charge in [0.2, 0.25) is 0 Å². The first kappa shape index (κ1) is 5.41. The van der Waals surface area contributed by atoms with Crippen LogP contribution in [0.3, 0.4) is 0 Å². The summed E-state index contributed by atoms with van der Waals surface area (Å²) in [4.78, 5) is 2.25. The van der Waals surface area contributed by atoms with Gasteiger partial charge in [-0.05, 0) is 7.05 Å². The van der Waals surface area contributed by atoms with Gasteiger partial charge in [0.15, 0.2) is 0 Å². The van der Waals surface area contributed by atoms with Crippen LogP contribution in [-0.4, -0.2) is 30.3 Å². The summed E-state index contributed by atoms with van der Waals surface area (Å²) in [5, 5.41) is 6.00. The summed E-state index contributed by atoms with van der Waals surface area (Å²) < 4.78 is 0. The molecule has 0 aromatic rings. The minimum Gasteiger partial charge on any atom is -0.304 e. The lowest BCUT2D eigenvalue weighted by molar-refractivity contribution is 0.239. The van der Waals surface area contributed by atoms with Crippen LogP contribution in [0.1, 0.15) is 0 Å². The van der Waals surface area contributed by atoms with Crippen LogP contribution in [-0.2, 0) is 0 Å². The monoisotopic (exact) mass is 118 g/mol. The summed E-state index contributed by atoms with van der Waals surface area (Å²) >= 11 is 1.47. The smallest absolute Gasteiger partial charge is 0.0444 e. The van der Waals surface area contributed by atoms with Crippen molar-refractivity contribution in [2.75, 3.05) is 20.1 Å². The maximum atomic E-state index is 5.29. The van der Waals surface area contributed by atoms with Crippen LogP contribution in [0.5, 0.6) is 0 Å². The maximum Gasteiger partial charge on any atom is 0.0444 e. The van der Waals surface area contributed by atoms with Crippen LogP contribution >= 0.6 is 11.9 Å². The molecule has 2 N–H and O–H groups in total. The molecule has 0 unspecified atom stereocenters. The highest BCUT2D eigenvalue weighted by atomic mass is 32.2. The number of hydrogen-bond acceptors (Lipinski definition) is 3. The maximum absolute atomic E-state index is 5.29. The van der Waals surface area contributed by atoms with Gasteiger partial charge in [0, 0.05) is 18.3 Å². The van der Waals surface area contributed by atoms with E-state index in [9.17, 15) is 0 Å². The standard InChI is InChI=1S/C4H10N2S/c1-6-2-4(3-6)7-5/h4H,2-3,5H2,1H3. The van der Waals surface area contributed by atoms with E-state index in [0.29, 0.717) is 5.25 Å². The van der Waals surface area contributed by atoms with Gasteiger partial charge in [0.05, 0.1) is 0 Å². The predicted octanol–water partition coefficient (Wildman–Crippen LogP) is -0.0927. The first-order chi connectivity index (χ1) is 3.33. The predicted molar refractivity (Wildman–Crippen MR) is 33.1 cm³/mol. The van der Waals surface area contributed by atoms with Crippen molar-refractivity contribution in [2.24, 2.45) is 5.14 Å². The molecular formula is C4H10N2S. The Morgan fingerprint density at radius 3 is 2.43 bits per heavy atom. The van der Waals surface area contributed by atoms with Gasteiger partial charge in [-0.15, -0.1) is 0 Å². The van der Waals surface area contributed by atoms with Gasteiger partial charge < -0.3 is 4.90 Å². The van der Waals surface area contributed by atoms with Crippen LogP contribution in [0.2, 0.25) is 0 Å². The van der Waals surface area contributed by atoms with Crippen LogP contribution in [0, 0.1) is 0 Å². The van der Waals surface area contributed by atoms with Crippen LogP contribution < -0.4 is 5.14 Å². The molecule has 0 bridgehead atoms. The molecular weight excluding hydrogens is 108 g/mol. The fourth-order valence-corrected chi connectivity index (χ4v) is 1.41. The molecule has 0 aromatic carbocycles. The number of nitrogens with zero attached hydrogens (tertiary/aromatic N) is 1. The second kappa shape index (κ2) is 2.03. The Kier molecular flexibility index (Phi) is 1.57. The molecule has 42 valence electrons. The largest absolute Gasteiger partial charge is 0.304 e. The van der Waals surface area contributed by atoms with E-state index in [0.717, 1.165) is 0 Å². The molecule has 0 aromatic heterocycles. The van der Waals surface area contributed by atoms with E-state index >= 15 is 0 Å². The summed E-state index contributed by atoms with van der Waals surface area (Å²) in [6, 6.07) is 0. The minimum absolute atomic E-state index is 0.713. The molecule has 1 rings (SSSR count). The van der Waals surface area contributed by atoms with Crippen molar-refractivity contribution in [3.63, 3.8) is 0 Å². The summed E-state index contributed by atoms with van der Waals surface area (Å²) in [6.07, 6.45) is 0. The van der Waals surface area contributed by atoms with Gasteiger partial charge in [-0.2, -0.15) is 0 Å². The Morgan fingerprint density at radius 1 is 1.71 bits per heavy atom. The zero-order valence-corrected chi connectivity index (χ0v) is 5.24. The van der Waals surface area contributed by atoms with Crippen molar-refractivity contribution in [1.82, 2.24) is 4.90 Å². The fraction of sp³-hybridized carbons (Fsp3) is 1.00. The van der Waals surface area contributed by atoms with Gasteiger partial charge in [-0.3, -0.25) is 5.14 Å². The van der Waals surface area contributed by atoms with Crippen LogP contribution in [0.25, 0.3) is 0 Å². The quantitative estimate of drug-likeness (QED) is 0.488. The van der Waals surface area contributed by atoms with E-state index in [1.165, 1.54) is 25.0 Å². The summed E-state index contributed by atoms with van der Waals surface area (Å²) in [7, 11) is 2.10. The Labute approximate surface area is 48.2 Å². The molecule has 0 saturated carbocycles. The van der Waals surface area contributed by atoms with Gasteiger partial charge in [-0.25, -0.2) is 0 Å². The highest BCUT2D eigenvalue weighted by molar-refractivity contribution is 7.97. The van der Waals surface area contributed by atoms with E-state index in [-0.39, 0.29) is 0 Å². The van der Waals surface area contributed by atoms with Crippen molar-refractivity contribution >= 4 is 11.9 Å². The van der Waals surface area contributed by atoms with Crippen LogP contribution in [0.15, 0.2) is 0 Å². The van der Waals surface area contributed by atoms with Crippen LogP contribution in [0.4, 0.5) is 0 Å². The second-order valence-electron chi connectivity index (χ2n) is 1.98. The van der Waals surface area contributed by atoms with Crippen molar-refractivity contribution in [2.45, 2.75) is 5.25 Å². The summed E-state index contributed by atoms with van der Waals surface area (Å²) in [5.41, 5.74) is 0. The highest BCUT2D eigenvalue weighted by Gasteiger charge is 2.21. The third-order valence-electron chi connectivity index (χ3n) is 1.22.